The number of amides is 1. The number of benzene rings is 1. The molecule has 0 aliphatic carbocycles. The third-order valence-electron chi connectivity index (χ3n) is 2.07. The second kappa shape index (κ2) is 7.10. The summed E-state index contributed by atoms with van der Waals surface area (Å²) in [5.74, 6) is 6.41. The molecule has 19 heavy (non-hydrogen) atoms. The summed E-state index contributed by atoms with van der Waals surface area (Å²) >= 11 is 4.04. The molecule has 1 aromatic rings. The number of hydrogen-bond donors (Lipinski definition) is 2. The van der Waals surface area contributed by atoms with Crippen LogP contribution in [0.25, 0.3) is 0 Å². The summed E-state index contributed by atoms with van der Waals surface area (Å²) in [4.78, 5) is 11.5. The van der Waals surface area contributed by atoms with Crippen molar-refractivity contribution in [3.63, 3.8) is 0 Å². The van der Waals surface area contributed by atoms with E-state index in [4.69, 9.17) is 4.74 Å². The standard InChI is InChI=1S/C15H19NO2S/c1-15(2,3)18-14(17)16-11-13-7-4-6-12(10-13)8-5-9-19/h4,6-7,10,19H,9,11H2,1-3H3,(H,16,17). The lowest BCUT2D eigenvalue weighted by Crippen LogP contribution is -2.32. The average molecular weight is 277 g/mol. The highest BCUT2D eigenvalue weighted by Gasteiger charge is 2.15. The summed E-state index contributed by atoms with van der Waals surface area (Å²) in [7, 11) is 0. The van der Waals surface area contributed by atoms with E-state index in [1.807, 2.05) is 45.0 Å². The first-order valence-corrected chi connectivity index (χ1v) is 6.69. The van der Waals surface area contributed by atoms with Crippen LogP contribution in [0.3, 0.4) is 0 Å². The summed E-state index contributed by atoms with van der Waals surface area (Å²) < 4.78 is 5.17. The fourth-order valence-electron chi connectivity index (χ4n) is 1.39. The van der Waals surface area contributed by atoms with Gasteiger partial charge in [0.25, 0.3) is 0 Å². The molecule has 102 valence electrons. The molecule has 3 nitrogen and oxygen atoms in total. The van der Waals surface area contributed by atoms with Gasteiger partial charge < -0.3 is 10.1 Å². The van der Waals surface area contributed by atoms with Crippen molar-refractivity contribution in [2.45, 2.75) is 32.9 Å². The van der Waals surface area contributed by atoms with Crippen LogP contribution in [0.15, 0.2) is 24.3 Å². The normalized spacial score (nSPS) is 10.3. The molecule has 0 aliphatic rings. The largest absolute Gasteiger partial charge is 0.444 e. The molecule has 0 saturated heterocycles. The van der Waals surface area contributed by atoms with Gasteiger partial charge in [0.15, 0.2) is 0 Å². The van der Waals surface area contributed by atoms with Crippen LogP contribution in [0.2, 0.25) is 0 Å². The van der Waals surface area contributed by atoms with E-state index >= 15 is 0 Å². The molecule has 1 N–H and O–H groups in total. The van der Waals surface area contributed by atoms with Crippen molar-refractivity contribution in [3.8, 4) is 11.8 Å². The zero-order valence-corrected chi connectivity index (χ0v) is 12.4. The van der Waals surface area contributed by atoms with Gasteiger partial charge in [-0.05, 0) is 38.5 Å². The molecule has 0 unspecified atom stereocenters. The van der Waals surface area contributed by atoms with Gasteiger partial charge in [-0.1, -0.05) is 24.0 Å². The highest BCUT2D eigenvalue weighted by Crippen LogP contribution is 2.08. The van der Waals surface area contributed by atoms with Crippen molar-refractivity contribution < 1.29 is 9.53 Å². The predicted octanol–water partition coefficient (Wildman–Crippen LogP) is 2.99. The Balaban J connectivity index is 2.56. The number of rotatable bonds is 2. The Labute approximate surface area is 120 Å². The quantitative estimate of drug-likeness (QED) is 0.644. The molecule has 1 amide bonds. The monoisotopic (exact) mass is 277 g/mol. The molecule has 0 heterocycles. The summed E-state index contributed by atoms with van der Waals surface area (Å²) in [6.07, 6.45) is -0.417. The van der Waals surface area contributed by atoms with Gasteiger partial charge in [0.1, 0.15) is 5.60 Å². The molecule has 1 aromatic carbocycles. The second-order valence-corrected chi connectivity index (χ2v) is 5.33. The van der Waals surface area contributed by atoms with Crippen LogP contribution < -0.4 is 5.32 Å². The van der Waals surface area contributed by atoms with E-state index in [9.17, 15) is 4.79 Å². The topological polar surface area (TPSA) is 38.3 Å². The lowest BCUT2D eigenvalue weighted by molar-refractivity contribution is 0.0523. The molecule has 0 fully saturated rings. The minimum absolute atomic E-state index is 0.417. The average Bonchev–Trinajstić information content (AvgIpc) is 2.32. The zero-order valence-electron chi connectivity index (χ0n) is 11.5. The minimum Gasteiger partial charge on any atom is -0.444 e. The lowest BCUT2D eigenvalue weighted by Gasteiger charge is -2.19. The third kappa shape index (κ3) is 6.78. The fourth-order valence-corrected chi connectivity index (χ4v) is 1.47. The number of carbonyl (C=O) groups is 1. The van der Waals surface area contributed by atoms with Crippen LogP contribution in [-0.2, 0) is 11.3 Å². The van der Waals surface area contributed by atoms with E-state index in [0.717, 1.165) is 11.1 Å². The maximum atomic E-state index is 11.5. The highest BCUT2D eigenvalue weighted by atomic mass is 32.1. The number of carbonyl (C=O) groups excluding carboxylic acids is 1. The van der Waals surface area contributed by atoms with Crippen molar-refractivity contribution in [1.29, 1.82) is 0 Å². The molecule has 1 rings (SSSR count). The Morgan fingerprint density at radius 2 is 2.16 bits per heavy atom. The number of hydrogen-bond acceptors (Lipinski definition) is 3. The molecule has 4 heteroatoms. The van der Waals surface area contributed by atoms with Crippen LogP contribution >= 0.6 is 12.6 Å². The molecular weight excluding hydrogens is 258 g/mol. The van der Waals surface area contributed by atoms with Gasteiger partial charge in [-0.25, -0.2) is 4.79 Å². The van der Waals surface area contributed by atoms with E-state index in [2.05, 4.69) is 29.8 Å². The molecular formula is C15H19NO2S. The zero-order chi connectivity index (χ0) is 14.3. The molecule has 0 spiro atoms. The van der Waals surface area contributed by atoms with E-state index < -0.39 is 11.7 Å². The van der Waals surface area contributed by atoms with Crippen LogP contribution in [-0.4, -0.2) is 17.4 Å². The number of thiol groups is 1. The molecule has 0 aromatic heterocycles. The van der Waals surface area contributed by atoms with Crippen molar-refractivity contribution >= 4 is 18.7 Å². The molecule has 0 radical (unpaired) electrons. The SMILES string of the molecule is CC(C)(C)OC(=O)NCc1cccc(C#CCS)c1. The van der Waals surface area contributed by atoms with Crippen molar-refractivity contribution in [2.24, 2.45) is 0 Å². The predicted molar refractivity (Wildman–Crippen MR) is 80.2 cm³/mol. The summed E-state index contributed by atoms with van der Waals surface area (Å²) in [5.41, 5.74) is 1.42. The second-order valence-electron chi connectivity index (χ2n) is 5.02. The first kappa shape index (κ1) is 15.5. The van der Waals surface area contributed by atoms with Gasteiger partial charge in [-0.3, -0.25) is 0 Å². The number of nitrogens with one attached hydrogen (secondary N) is 1. The smallest absolute Gasteiger partial charge is 0.407 e. The highest BCUT2D eigenvalue weighted by molar-refractivity contribution is 7.80. The van der Waals surface area contributed by atoms with Crippen LogP contribution in [0.5, 0.6) is 0 Å². The Hall–Kier alpha value is -1.60. The summed E-state index contributed by atoms with van der Waals surface area (Å²) in [6.45, 7) is 5.92. The van der Waals surface area contributed by atoms with Gasteiger partial charge in [0, 0.05) is 12.1 Å². The van der Waals surface area contributed by atoms with Gasteiger partial charge in [0.05, 0.1) is 5.75 Å². The molecule has 0 saturated carbocycles. The summed E-state index contributed by atoms with van der Waals surface area (Å²) in [5, 5.41) is 2.71. The Morgan fingerprint density at radius 1 is 1.42 bits per heavy atom. The van der Waals surface area contributed by atoms with Crippen molar-refractivity contribution in [1.82, 2.24) is 5.32 Å². The maximum Gasteiger partial charge on any atom is 0.407 e. The number of alkyl carbamates (subject to hydrolysis) is 1. The Morgan fingerprint density at radius 3 is 2.79 bits per heavy atom. The van der Waals surface area contributed by atoms with Gasteiger partial charge in [-0.15, -0.1) is 0 Å². The first-order valence-electron chi connectivity index (χ1n) is 6.06. The van der Waals surface area contributed by atoms with Gasteiger partial charge in [0.2, 0.25) is 0 Å². The van der Waals surface area contributed by atoms with E-state index in [1.54, 1.807) is 0 Å². The van der Waals surface area contributed by atoms with E-state index in [-0.39, 0.29) is 0 Å². The van der Waals surface area contributed by atoms with Crippen molar-refractivity contribution in [2.75, 3.05) is 5.75 Å². The lowest BCUT2D eigenvalue weighted by atomic mass is 10.1. The van der Waals surface area contributed by atoms with Crippen LogP contribution in [0.4, 0.5) is 4.79 Å². The minimum atomic E-state index is -0.482. The van der Waals surface area contributed by atoms with Gasteiger partial charge >= 0.3 is 6.09 Å². The molecule has 0 bridgehead atoms. The Kier molecular flexibility index (Phi) is 5.78. The molecule has 0 aliphatic heterocycles. The van der Waals surface area contributed by atoms with Crippen molar-refractivity contribution in [3.05, 3.63) is 35.4 Å². The van der Waals surface area contributed by atoms with Crippen LogP contribution in [0, 0.1) is 11.8 Å². The van der Waals surface area contributed by atoms with E-state index in [0.29, 0.717) is 12.3 Å². The number of ether oxygens (including phenoxy) is 1. The Bertz CT molecular complexity index is 495. The van der Waals surface area contributed by atoms with Crippen LogP contribution in [0.1, 0.15) is 31.9 Å². The van der Waals surface area contributed by atoms with E-state index in [1.165, 1.54) is 0 Å². The first-order chi connectivity index (χ1) is 8.90. The fraction of sp³-hybridized carbons (Fsp3) is 0.400. The maximum absolute atomic E-state index is 11.5. The third-order valence-corrected chi connectivity index (χ3v) is 2.23. The summed E-state index contributed by atoms with van der Waals surface area (Å²) in [6, 6.07) is 7.71. The molecule has 0 atom stereocenters. The van der Waals surface area contributed by atoms with Gasteiger partial charge in [-0.2, -0.15) is 12.6 Å².